The minimum Gasteiger partial charge on any atom is -0.320 e. The second-order valence-corrected chi connectivity index (χ2v) is 10.7. The maximum atomic E-state index is 12.8. The fourth-order valence-corrected chi connectivity index (χ4v) is 4.96. The first-order valence-corrected chi connectivity index (χ1v) is 12.9. The van der Waals surface area contributed by atoms with Crippen LogP contribution in [0, 0.1) is 18.3 Å². The van der Waals surface area contributed by atoms with E-state index in [9.17, 15) is 31.6 Å². The molecule has 4 heterocycles. The summed E-state index contributed by atoms with van der Waals surface area (Å²) in [5.41, 5.74) is -0.429. The summed E-state index contributed by atoms with van der Waals surface area (Å²) in [6.45, 7) is 2.01. The van der Waals surface area contributed by atoms with Gasteiger partial charge in [-0.15, -0.1) is 0 Å². The van der Waals surface area contributed by atoms with Gasteiger partial charge < -0.3 is 5.32 Å². The molecule has 0 spiro atoms. The van der Waals surface area contributed by atoms with Gasteiger partial charge >= 0.3 is 6.18 Å². The monoisotopic (exact) mass is 533 g/mol. The van der Waals surface area contributed by atoms with Crippen molar-refractivity contribution < 1.29 is 26.4 Å². The molecule has 0 aromatic carbocycles. The van der Waals surface area contributed by atoms with E-state index in [-0.39, 0.29) is 24.5 Å². The zero-order valence-corrected chi connectivity index (χ0v) is 20.6. The van der Waals surface area contributed by atoms with E-state index in [2.05, 4.69) is 26.5 Å². The molecule has 14 heteroatoms. The summed E-state index contributed by atoms with van der Waals surface area (Å²) in [6, 6.07) is 7.55. The topological polar surface area (TPSA) is 134 Å². The van der Waals surface area contributed by atoms with Gasteiger partial charge in [-0.2, -0.15) is 23.5 Å². The van der Waals surface area contributed by atoms with Gasteiger partial charge in [0, 0.05) is 19.3 Å². The number of nitrogens with zero attached hydrogens (tertiary/aromatic N) is 6. The average molecular weight is 534 g/mol. The van der Waals surface area contributed by atoms with Crippen LogP contribution in [-0.4, -0.2) is 57.7 Å². The minimum atomic E-state index is -4.51. The van der Waals surface area contributed by atoms with Crippen LogP contribution >= 0.6 is 0 Å². The molecule has 1 fully saturated rings. The van der Waals surface area contributed by atoms with Crippen molar-refractivity contribution in [3.63, 3.8) is 0 Å². The number of hydrogen-bond donors (Lipinski definition) is 1. The largest absolute Gasteiger partial charge is 0.417 e. The number of anilines is 1. The van der Waals surface area contributed by atoms with Crippen LogP contribution in [0.2, 0.25) is 0 Å². The molecule has 1 N–H and O–H groups in total. The first-order chi connectivity index (χ1) is 17.3. The number of halogens is 3. The van der Waals surface area contributed by atoms with Gasteiger partial charge in [0.25, 0.3) is 5.91 Å². The third kappa shape index (κ3) is 5.32. The molecule has 3 aromatic rings. The molecule has 1 amide bonds. The summed E-state index contributed by atoms with van der Waals surface area (Å²) in [7, 11) is -3.34. The fourth-order valence-electron chi connectivity index (χ4n) is 4.12. The molecule has 194 valence electrons. The van der Waals surface area contributed by atoms with Crippen LogP contribution < -0.4 is 5.32 Å². The molecule has 0 atom stereocenters. The highest BCUT2D eigenvalue weighted by molar-refractivity contribution is 7.88. The summed E-state index contributed by atoms with van der Waals surface area (Å²) < 4.78 is 64.5. The molecule has 3 aromatic heterocycles. The lowest BCUT2D eigenvalue weighted by atomic mass is 9.77. The van der Waals surface area contributed by atoms with Gasteiger partial charge in [-0.3, -0.25) is 9.78 Å². The first kappa shape index (κ1) is 26.2. The quantitative estimate of drug-likeness (QED) is 0.533. The van der Waals surface area contributed by atoms with Crippen LogP contribution in [0.4, 0.5) is 18.9 Å². The second-order valence-electron chi connectivity index (χ2n) is 8.70. The Hall–Kier alpha value is -3.83. The molecule has 4 rings (SSSR count). The van der Waals surface area contributed by atoms with Crippen LogP contribution in [0.5, 0.6) is 0 Å². The molecule has 1 aliphatic heterocycles. The normalized spacial score (nSPS) is 16.2. The van der Waals surface area contributed by atoms with E-state index in [1.54, 1.807) is 19.1 Å². The zero-order valence-electron chi connectivity index (χ0n) is 19.8. The lowest BCUT2D eigenvalue weighted by Crippen LogP contribution is -2.44. The third-order valence-electron chi connectivity index (χ3n) is 6.32. The van der Waals surface area contributed by atoms with Gasteiger partial charge in [0.05, 0.1) is 52.9 Å². The molecular formula is C23H22F3N7O3S. The van der Waals surface area contributed by atoms with Crippen LogP contribution in [0.25, 0.3) is 5.82 Å². The highest BCUT2D eigenvalue weighted by atomic mass is 32.2. The number of nitrogens with one attached hydrogen (secondary N) is 1. The van der Waals surface area contributed by atoms with Crippen molar-refractivity contribution >= 4 is 21.6 Å². The minimum absolute atomic E-state index is 0.124. The molecule has 0 unspecified atom stereocenters. The Morgan fingerprint density at radius 1 is 1.11 bits per heavy atom. The van der Waals surface area contributed by atoms with Gasteiger partial charge in [0.15, 0.2) is 5.82 Å². The fraction of sp³-hybridized carbons (Fsp3) is 0.348. The average Bonchev–Trinajstić information content (AvgIpc) is 3.25. The molecular weight excluding hydrogens is 511 g/mol. The van der Waals surface area contributed by atoms with E-state index in [4.69, 9.17) is 0 Å². The predicted octanol–water partition coefficient (Wildman–Crippen LogP) is 3.06. The molecule has 1 saturated heterocycles. The molecule has 0 aliphatic carbocycles. The van der Waals surface area contributed by atoms with Crippen molar-refractivity contribution in [2.24, 2.45) is 0 Å². The number of pyridine rings is 2. The van der Waals surface area contributed by atoms with Gasteiger partial charge in [0.2, 0.25) is 10.0 Å². The summed E-state index contributed by atoms with van der Waals surface area (Å²) >= 11 is 0. The van der Waals surface area contributed by atoms with Gasteiger partial charge in [-0.05, 0) is 44.0 Å². The standard InChI is InChI=1S/C23H22F3N7O3S/c1-15-18(13-30-33(15)20-6-3-16(11-29-20)23(24,25)26)21(34)31-17-4-5-19(28-12-17)22(14-27)7-9-32(10-8-22)37(2,35)36/h3-6,11-13H,7-10H2,1-2H3,(H,31,34). The molecule has 1 aliphatic rings. The van der Waals surface area contributed by atoms with E-state index in [0.717, 1.165) is 12.3 Å². The van der Waals surface area contributed by atoms with Crippen LogP contribution in [0.15, 0.2) is 42.9 Å². The highest BCUT2D eigenvalue weighted by Gasteiger charge is 2.40. The lowest BCUT2D eigenvalue weighted by molar-refractivity contribution is -0.137. The van der Waals surface area contributed by atoms with E-state index >= 15 is 0 Å². The third-order valence-corrected chi connectivity index (χ3v) is 7.62. The number of carbonyl (C=O) groups excluding carboxylic acids is 1. The number of piperidine rings is 1. The van der Waals surface area contributed by atoms with E-state index in [1.165, 1.54) is 27.4 Å². The Bertz CT molecular complexity index is 1450. The van der Waals surface area contributed by atoms with Gasteiger partial charge in [-0.25, -0.2) is 22.4 Å². The van der Waals surface area contributed by atoms with Crippen LogP contribution in [0.3, 0.4) is 0 Å². The smallest absolute Gasteiger partial charge is 0.320 e. The van der Waals surface area contributed by atoms with Crippen LogP contribution in [-0.2, 0) is 21.6 Å². The first-order valence-electron chi connectivity index (χ1n) is 11.1. The Morgan fingerprint density at radius 3 is 2.32 bits per heavy atom. The summed E-state index contributed by atoms with van der Waals surface area (Å²) in [6.07, 6.45) is 0.603. The van der Waals surface area contributed by atoms with Crippen molar-refractivity contribution in [1.82, 2.24) is 24.1 Å². The Balaban J connectivity index is 1.47. The SMILES string of the molecule is Cc1c(C(=O)Nc2ccc(C3(C#N)CCN(S(C)(=O)=O)CC3)nc2)cnn1-c1ccc(C(F)(F)F)cn1. The van der Waals surface area contributed by atoms with E-state index < -0.39 is 33.1 Å². The van der Waals surface area contributed by atoms with Crippen molar-refractivity contribution in [1.29, 1.82) is 5.26 Å². The number of sulfonamides is 1. The van der Waals surface area contributed by atoms with Crippen molar-refractivity contribution in [3.8, 4) is 11.9 Å². The highest BCUT2D eigenvalue weighted by Crippen LogP contribution is 2.35. The number of carbonyl (C=O) groups is 1. The molecule has 0 bridgehead atoms. The number of alkyl halides is 3. The van der Waals surface area contributed by atoms with Gasteiger partial charge in [0.1, 0.15) is 5.41 Å². The second kappa shape index (κ2) is 9.56. The van der Waals surface area contributed by atoms with Crippen molar-refractivity contribution in [2.75, 3.05) is 24.7 Å². The maximum Gasteiger partial charge on any atom is 0.417 e. The van der Waals surface area contributed by atoms with Gasteiger partial charge in [-0.1, -0.05) is 0 Å². The summed E-state index contributed by atoms with van der Waals surface area (Å²) in [4.78, 5) is 21.0. The Labute approximate surface area is 210 Å². The Morgan fingerprint density at radius 2 is 1.81 bits per heavy atom. The zero-order chi connectivity index (χ0) is 27.0. The number of amides is 1. The van der Waals surface area contributed by atoms with E-state index in [0.29, 0.717) is 36.1 Å². The van der Waals surface area contributed by atoms with Crippen molar-refractivity contribution in [3.05, 3.63) is 65.4 Å². The number of aromatic nitrogens is 4. The summed E-state index contributed by atoms with van der Waals surface area (Å²) in [5.74, 6) is -0.388. The predicted molar refractivity (Wildman–Crippen MR) is 126 cm³/mol. The van der Waals surface area contributed by atoms with Crippen LogP contribution in [0.1, 0.15) is 40.2 Å². The molecule has 0 saturated carbocycles. The molecule has 37 heavy (non-hydrogen) atoms. The maximum absolute atomic E-state index is 12.8. The number of hydrogen-bond acceptors (Lipinski definition) is 7. The molecule has 10 nitrogen and oxygen atoms in total. The summed E-state index contributed by atoms with van der Waals surface area (Å²) in [5, 5.41) is 16.6. The van der Waals surface area contributed by atoms with E-state index in [1.807, 2.05) is 0 Å². The van der Waals surface area contributed by atoms with Crippen molar-refractivity contribution in [2.45, 2.75) is 31.4 Å². The number of rotatable bonds is 5. The Kier molecular flexibility index (Phi) is 6.78. The lowest BCUT2D eigenvalue weighted by Gasteiger charge is -2.35. The molecule has 0 radical (unpaired) electrons. The number of nitriles is 1.